The van der Waals surface area contributed by atoms with Gasteiger partial charge in [-0.1, -0.05) is 6.07 Å². The molecular formula is C19H29BrFN5. The van der Waals surface area contributed by atoms with Crippen LogP contribution in [-0.2, 0) is 6.54 Å². The lowest BCUT2D eigenvalue weighted by molar-refractivity contribution is 0.172. The number of piperazine rings is 1. The van der Waals surface area contributed by atoms with Gasteiger partial charge in [0.05, 0.1) is 4.47 Å². The van der Waals surface area contributed by atoms with E-state index in [1.165, 1.54) is 19.5 Å². The molecule has 2 aliphatic rings. The molecule has 5 nitrogen and oxygen atoms in total. The Balaban J connectivity index is 1.45. The minimum Gasteiger partial charge on any atom is -0.356 e. The third kappa shape index (κ3) is 5.18. The Morgan fingerprint density at radius 2 is 2.04 bits per heavy atom. The van der Waals surface area contributed by atoms with Gasteiger partial charge in [-0.25, -0.2) is 4.39 Å². The van der Waals surface area contributed by atoms with E-state index in [0.29, 0.717) is 10.4 Å². The fourth-order valence-electron chi connectivity index (χ4n) is 3.77. The Morgan fingerprint density at radius 1 is 1.27 bits per heavy atom. The summed E-state index contributed by atoms with van der Waals surface area (Å²) in [4.78, 5) is 11.6. The molecular weight excluding hydrogens is 397 g/mol. The molecule has 2 fully saturated rings. The number of guanidine groups is 1. The zero-order chi connectivity index (χ0) is 18.5. The molecule has 0 aliphatic carbocycles. The average Bonchev–Trinajstić information content (AvgIpc) is 3.05. The summed E-state index contributed by atoms with van der Waals surface area (Å²) in [7, 11) is 4.05. The zero-order valence-corrected chi connectivity index (χ0v) is 17.3. The van der Waals surface area contributed by atoms with Crippen LogP contribution in [0.1, 0.15) is 12.0 Å². The highest BCUT2D eigenvalue weighted by atomic mass is 79.9. The van der Waals surface area contributed by atoms with E-state index in [1.54, 1.807) is 12.1 Å². The SMILES string of the molecule is CN=C(NCC1CCN(C)C1)N1CCN(Cc2ccc(Br)c(F)c2)CC1. The molecule has 2 aliphatic heterocycles. The van der Waals surface area contributed by atoms with E-state index >= 15 is 0 Å². The summed E-state index contributed by atoms with van der Waals surface area (Å²) in [6, 6.07) is 5.39. The first-order chi connectivity index (χ1) is 12.5. The largest absolute Gasteiger partial charge is 0.356 e. The van der Waals surface area contributed by atoms with Gasteiger partial charge in [-0.2, -0.15) is 0 Å². The van der Waals surface area contributed by atoms with Crippen molar-refractivity contribution in [1.29, 1.82) is 0 Å². The van der Waals surface area contributed by atoms with E-state index < -0.39 is 0 Å². The zero-order valence-electron chi connectivity index (χ0n) is 15.7. The van der Waals surface area contributed by atoms with Crippen LogP contribution in [0, 0.1) is 11.7 Å². The smallest absolute Gasteiger partial charge is 0.193 e. The van der Waals surface area contributed by atoms with Crippen LogP contribution in [0.15, 0.2) is 27.7 Å². The Hall–Kier alpha value is -1.18. The van der Waals surface area contributed by atoms with Crippen molar-refractivity contribution in [3.63, 3.8) is 0 Å². The Morgan fingerprint density at radius 3 is 2.65 bits per heavy atom. The van der Waals surface area contributed by atoms with Crippen LogP contribution in [0.5, 0.6) is 0 Å². The van der Waals surface area contributed by atoms with Gasteiger partial charge < -0.3 is 15.1 Å². The first-order valence-electron chi connectivity index (χ1n) is 9.35. The fraction of sp³-hybridized carbons (Fsp3) is 0.632. The Kier molecular flexibility index (Phi) is 6.89. The quantitative estimate of drug-likeness (QED) is 0.592. The highest BCUT2D eigenvalue weighted by molar-refractivity contribution is 9.10. The maximum atomic E-state index is 13.7. The summed E-state index contributed by atoms with van der Waals surface area (Å²) in [5.41, 5.74) is 1.02. The van der Waals surface area contributed by atoms with E-state index in [1.807, 2.05) is 13.1 Å². The summed E-state index contributed by atoms with van der Waals surface area (Å²) < 4.78 is 14.2. The van der Waals surface area contributed by atoms with Gasteiger partial charge in [0, 0.05) is 52.9 Å². The van der Waals surface area contributed by atoms with Gasteiger partial charge in [-0.3, -0.25) is 9.89 Å². The second kappa shape index (κ2) is 9.15. The van der Waals surface area contributed by atoms with Gasteiger partial charge in [0.15, 0.2) is 5.96 Å². The number of likely N-dealkylation sites (tertiary alicyclic amines) is 1. The summed E-state index contributed by atoms with van der Waals surface area (Å²) in [6.45, 7) is 7.97. The molecule has 26 heavy (non-hydrogen) atoms. The van der Waals surface area contributed by atoms with Crippen LogP contribution in [0.3, 0.4) is 0 Å². The van der Waals surface area contributed by atoms with E-state index in [4.69, 9.17) is 0 Å². The Bertz CT molecular complexity index is 630. The lowest BCUT2D eigenvalue weighted by atomic mass is 10.1. The van der Waals surface area contributed by atoms with Crippen LogP contribution in [0.4, 0.5) is 4.39 Å². The van der Waals surface area contributed by atoms with Gasteiger partial charge in [0.1, 0.15) is 5.82 Å². The van der Waals surface area contributed by atoms with Gasteiger partial charge in [-0.05, 0) is 59.6 Å². The molecule has 0 amide bonds. The van der Waals surface area contributed by atoms with Crippen LogP contribution in [0.2, 0.25) is 0 Å². The maximum Gasteiger partial charge on any atom is 0.193 e. The topological polar surface area (TPSA) is 34.1 Å². The molecule has 0 saturated carbocycles. The van der Waals surface area contributed by atoms with Gasteiger partial charge >= 0.3 is 0 Å². The molecule has 2 heterocycles. The maximum absolute atomic E-state index is 13.7. The monoisotopic (exact) mass is 425 g/mol. The molecule has 0 spiro atoms. The Labute approximate surface area is 164 Å². The lowest BCUT2D eigenvalue weighted by Crippen LogP contribution is -2.52. The van der Waals surface area contributed by atoms with Crippen LogP contribution in [0.25, 0.3) is 0 Å². The van der Waals surface area contributed by atoms with E-state index in [0.717, 1.165) is 50.8 Å². The summed E-state index contributed by atoms with van der Waals surface area (Å²) in [5.74, 6) is 1.53. The second-order valence-electron chi connectivity index (χ2n) is 7.36. The van der Waals surface area contributed by atoms with Crippen molar-refractivity contribution in [3.05, 3.63) is 34.1 Å². The number of benzene rings is 1. The molecule has 1 N–H and O–H groups in total. The molecule has 3 rings (SSSR count). The minimum absolute atomic E-state index is 0.191. The van der Waals surface area contributed by atoms with Crippen molar-refractivity contribution in [3.8, 4) is 0 Å². The molecule has 0 aromatic heterocycles. The number of nitrogens with zero attached hydrogens (tertiary/aromatic N) is 4. The second-order valence-corrected chi connectivity index (χ2v) is 8.21. The molecule has 144 valence electrons. The molecule has 7 heteroatoms. The lowest BCUT2D eigenvalue weighted by Gasteiger charge is -2.36. The molecule has 1 aromatic rings. The van der Waals surface area contributed by atoms with Gasteiger partial charge in [-0.15, -0.1) is 0 Å². The van der Waals surface area contributed by atoms with Crippen molar-refractivity contribution in [2.75, 3.05) is 59.9 Å². The first kappa shape index (κ1) is 19.6. The van der Waals surface area contributed by atoms with Crippen molar-refractivity contribution >= 4 is 21.9 Å². The van der Waals surface area contributed by atoms with Crippen molar-refractivity contribution in [1.82, 2.24) is 20.0 Å². The summed E-state index contributed by atoms with van der Waals surface area (Å²) in [5, 5.41) is 3.56. The molecule has 0 radical (unpaired) electrons. The molecule has 1 atom stereocenters. The normalized spacial score (nSPS) is 22.8. The predicted octanol–water partition coefficient (Wildman–Crippen LogP) is 2.23. The number of aliphatic imine (C=N–C) groups is 1. The summed E-state index contributed by atoms with van der Waals surface area (Å²) >= 11 is 3.21. The van der Waals surface area contributed by atoms with E-state index in [-0.39, 0.29) is 5.82 Å². The highest BCUT2D eigenvalue weighted by Crippen LogP contribution is 2.18. The van der Waals surface area contributed by atoms with E-state index in [2.05, 4.69) is 48.0 Å². The van der Waals surface area contributed by atoms with Gasteiger partial charge in [0.2, 0.25) is 0 Å². The van der Waals surface area contributed by atoms with Gasteiger partial charge in [0.25, 0.3) is 0 Å². The predicted molar refractivity (Wildman–Crippen MR) is 108 cm³/mol. The number of halogens is 2. The minimum atomic E-state index is -0.191. The number of hydrogen-bond acceptors (Lipinski definition) is 3. The number of rotatable bonds is 4. The van der Waals surface area contributed by atoms with Crippen LogP contribution < -0.4 is 5.32 Å². The van der Waals surface area contributed by atoms with Crippen molar-refractivity contribution < 1.29 is 4.39 Å². The van der Waals surface area contributed by atoms with E-state index in [9.17, 15) is 4.39 Å². The third-order valence-corrected chi connectivity index (χ3v) is 5.95. The van der Waals surface area contributed by atoms with Crippen LogP contribution in [-0.4, -0.2) is 80.6 Å². The molecule has 1 aromatic carbocycles. The van der Waals surface area contributed by atoms with Crippen LogP contribution >= 0.6 is 15.9 Å². The highest BCUT2D eigenvalue weighted by Gasteiger charge is 2.23. The average molecular weight is 426 g/mol. The molecule has 1 unspecified atom stereocenters. The fourth-order valence-corrected chi connectivity index (χ4v) is 4.02. The standard InChI is InChI=1S/C19H29BrFN5/c1-22-19(23-12-16-5-6-24(2)13-16)26-9-7-25(8-10-26)14-15-3-4-17(20)18(21)11-15/h3-4,11,16H,5-10,12-14H2,1-2H3,(H,22,23). The summed E-state index contributed by atoms with van der Waals surface area (Å²) in [6.07, 6.45) is 1.26. The first-order valence-corrected chi connectivity index (χ1v) is 10.1. The molecule has 2 saturated heterocycles. The third-order valence-electron chi connectivity index (χ3n) is 5.31. The molecule has 0 bridgehead atoms. The van der Waals surface area contributed by atoms with Crippen molar-refractivity contribution in [2.45, 2.75) is 13.0 Å². The number of hydrogen-bond donors (Lipinski definition) is 1. The number of nitrogens with one attached hydrogen (secondary N) is 1. The van der Waals surface area contributed by atoms with Crippen molar-refractivity contribution in [2.24, 2.45) is 10.9 Å².